The summed E-state index contributed by atoms with van der Waals surface area (Å²) in [5, 5.41) is 17.9. The fourth-order valence-corrected chi connectivity index (χ4v) is 12.4. The lowest BCUT2D eigenvalue weighted by molar-refractivity contribution is 1.17. The molecule has 0 saturated heterocycles. The lowest BCUT2D eigenvalue weighted by Gasteiger charge is -2.36. The monoisotopic (exact) mass is 627 g/mol. The van der Waals surface area contributed by atoms with Crippen molar-refractivity contribution >= 4 is 56.3 Å². The Kier molecular flexibility index (Phi) is 7.27. The maximum Gasteiger partial charge on any atom is 0.212 e. The van der Waals surface area contributed by atoms with Gasteiger partial charge in [-0.15, -0.1) is 0 Å². The van der Waals surface area contributed by atoms with Crippen molar-refractivity contribution in [3.63, 3.8) is 0 Å². The summed E-state index contributed by atoms with van der Waals surface area (Å²) in [6, 6.07) is 63.9. The molecule has 0 unspecified atom stereocenters. The Bertz CT molecular complexity index is 2340. The minimum atomic E-state index is -2.89. The third-order valence-corrected chi connectivity index (χ3v) is 14.2. The lowest BCUT2D eigenvalue weighted by atomic mass is 10.00. The molecule has 0 spiro atoms. The van der Waals surface area contributed by atoms with Crippen LogP contribution in [0, 0.1) is 17.9 Å². The van der Waals surface area contributed by atoms with E-state index in [1.54, 1.807) is 0 Å². The molecule has 0 bridgehead atoms. The third-order valence-electron chi connectivity index (χ3n) is 9.40. The second-order valence-corrected chi connectivity index (χ2v) is 15.6. The van der Waals surface area contributed by atoms with Gasteiger partial charge in [-0.2, -0.15) is 5.26 Å². The van der Waals surface area contributed by atoms with Gasteiger partial charge in [0.2, 0.25) is 5.69 Å². The summed E-state index contributed by atoms with van der Waals surface area (Å²) in [7, 11) is -2.89. The van der Waals surface area contributed by atoms with Crippen molar-refractivity contribution in [2.75, 3.05) is 0 Å². The Morgan fingerprint density at radius 2 is 1.00 bits per heavy atom. The summed E-state index contributed by atoms with van der Waals surface area (Å²) in [4.78, 5) is 4.09. The highest BCUT2D eigenvalue weighted by Crippen LogP contribution is 2.39. The molecule has 0 N–H and O–H groups in total. The number of benzene rings is 7. The van der Waals surface area contributed by atoms with E-state index in [4.69, 9.17) is 6.57 Å². The van der Waals surface area contributed by atoms with Crippen LogP contribution in [-0.2, 0) is 0 Å². The second-order valence-electron chi connectivity index (χ2n) is 11.9. The number of para-hydroxylation sites is 2. The average Bonchev–Trinajstić information content (AvgIpc) is 3.50. The molecule has 0 aliphatic rings. The lowest BCUT2D eigenvalue weighted by Crippen LogP contribution is -2.75. The van der Waals surface area contributed by atoms with E-state index in [2.05, 4.69) is 155 Å². The quantitative estimate of drug-likeness (QED) is 0.104. The normalized spacial score (nSPS) is 11.3. The molecule has 1 heterocycles. The van der Waals surface area contributed by atoms with Crippen LogP contribution in [0.5, 0.6) is 0 Å². The maximum absolute atomic E-state index is 10.8. The van der Waals surface area contributed by atoms with Crippen LogP contribution in [0.25, 0.3) is 43.5 Å². The van der Waals surface area contributed by atoms with Crippen molar-refractivity contribution in [3.05, 3.63) is 193 Å². The molecule has 48 heavy (non-hydrogen) atoms. The van der Waals surface area contributed by atoms with Crippen molar-refractivity contribution in [1.29, 1.82) is 5.26 Å². The summed E-state index contributed by atoms with van der Waals surface area (Å²) in [5.74, 6) is 0. The molecule has 7 aromatic carbocycles. The highest BCUT2D eigenvalue weighted by atomic mass is 28.3. The zero-order valence-corrected chi connectivity index (χ0v) is 27.1. The number of hydrogen-bond donors (Lipinski definition) is 0. The van der Waals surface area contributed by atoms with Crippen molar-refractivity contribution in [3.8, 4) is 22.9 Å². The van der Waals surface area contributed by atoms with Crippen molar-refractivity contribution in [1.82, 2.24) is 4.57 Å². The minimum Gasteiger partial charge on any atom is -0.318 e. The van der Waals surface area contributed by atoms with Gasteiger partial charge in [0.15, 0.2) is 8.07 Å². The Balaban J connectivity index is 1.45. The predicted molar refractivity (Wildman–Crippen MR) is 201 cm³/mol. The molecule has 8 aromatic rings. The molecular formula is C44H29N3Si. The van der Waals surface area contributed by atoms with E-state index in [0.717, 1.165) is 32.9 Å². The molecule has 0 aliphatic carbocycles. The van der Waals surface area contributed by atoms with Gasteiger partial charge >= 0.3 is 0 Å². The molecule has 0 radical (unpaired) electrons. The number of nitriles is 1. The second kappa shape index (κ2) is 12.0. The summed E-state index contributed by atoms with van der Waals surface area (Å²) in [6.45, 7) is 8.43. The largest absolute Gasteiger partial charge is 0.318 e. The van der Waals surface area contributed by atoms with Crippen LogP contribution in [0.15, 0.2) is 176 Å². The molecule has 0 fully saturated rings. The van der Waals surface area contributed by atoms with Gasteiger partial charge in [-0.25, -0.2) is 4.85 Å². The van der Waals surface area contributed by atoms with Gasteiger partial charge in [-0.05, 0) is 56.1 Å². The zero-order valence-electron chi connectivity index (χ0n) is 26.1. The molecule has 4 heteroatoms. The average molecular weight is 628 g/mol. The summed E-state index contributed by atoms with van der Waals surface area (Å²) in [5.41, 5.74) is 5.34. The van der Waals surface area contributed by atoms with Crippen LogP contribution in [0.3, 0.4) is 0 Å². The van der Waals surface area contributed by atoms with Crippen molar-refractivity contribution in [2.45, 2.75) is 0 Å². The highest BCUT2D eigenvalue weighted by molar-refractivity contribution is 7.20. The maximum atomic E-state index is 10.8. The first-order valence-electron chi connectivity index (χ1n) is 16.0. The van der Waals surface area contributed by atoms with Crippen molar-refractivity contribution in [2.24, 2.45) is 0 Å². The molecule has 0 aliphatic heterocycles. The number of hydrogen-bond acceptors (Lipinski definition) is 1. The van der Waals surface area contributed by atoms with E-state index >= 15 is 0 Å². The Labute approximate surface area is 281 Å². The van der Waals surface area contributed by atoms with Crippen LogP contribution < -0.4 is 20.7 Å². The number of nitrogens with zero attached hydrogens (tertiary/aromatic N) is 3. The zero-order chi connectivity index (χ0) is 32.5. The molecule has 3 nitrogen and oxygen atoms in total. The molecule has 1 aromatic heterocycles. The fourth-order valence-electron chi connectivity index (χ4n) is 7.44. The first-order valence-corrected chi connectivity index (χ1v) is 18.0. The van der Waals surface area contributed by atoms with E-state index in [1.807, 2.05) is 36.4 Å². The third kappa shape index (κ3) is 4.48. The van der Waals surface area contributed by atoms with Gasteiger partial charge in [0.05, 0.1) is 34.9 Å². The fraction of sp³-hybridized carbons (Fsp3) is 0. The van der Waals surface area contributed by atoms with E-state index in [-0.39, 0.29) is 0 Å². The minimum absolute atomic E-state index is 0.441. The highest BCUT2D eigenvalue weighted by Gasteiger charge is 2.42. The van der Waals surface area contributed by atoms with Crippen LogP contribution in [0.1, 0.15) is 5.56 Å². The van der Waals surface area contributed by atoms with E-state index in [9.17, 15) is 5.26 Å². The predicted octanol–water partition coefficient (Wildman–Crippen LogP) is 8.25. The van der Waals surface area contributed by atoms with E-state index < -0.39 is 8.07 Å². The van der Waals surface area contributed by atoms with Crippen molar-refractivity contribution < 1.29 is 0 Å². The number of rotatable bonds is 6. The van der Waals surface area contributed by atoms with E-state index in [0.29, 0.717) is 16.9 Å². The Morgan fingerprint density at radius 1 is 0.542 bits per heavy atom. The number of fused-ring (bicyclic) bond motifs is 3. The van der Waals surface area contributed by atoms with Crippen LogP contribution >= 0.6 is 0 Å². The van der Waals surface area contributed by atoms with Crippen LogP contribution in [-0.4, -0.2) is 12.6 Å². The van der Waals surface area contributed by atoms with Crippen LogP contribution in [0.2, 0.25) is 0 Å². The molecule has 0 amide bonds. The molecule has 0 atom stereocenters. The molecule has 224 valence electrons. The first-order chi connectivity index (χ1) is 23.8. The Hall–Kier alpha value is -6.46. The summed E-state index contributed by atoms with van der Waals surface area (Å²) >= 11 is 0. The van der Waals surface area contributed by atoms with Gasteiger partial charge in [0, 0.05) is 10.8 Å². The Morgan fingerprint density at radius 3 is 1.50 bits per heavy atom. The first kappa shape index (κ1) is 29.0. The smallest absolute Gasteiger partial charge is 0.212 e. The van der Waals surface area contributed by atoms with Gasteiger partial charge in [-0.1, -0.05) is 152 Å². The molecule has 0 saturated carbocycles. The number of aromatic nitrogens is 1. The topological polar surface area (TPSA) is 33.1 Å². The summed E-state index contributed by atoms with van der Waals surface area (Å²) < 4.78 is 2.09. The van der Waals surface area contributed by atoms with Gasteiger partial charge < -0.3 is 4.57 Å². The SMILES string of the molecule is [C-]#[N+]c1cc(-c2ccccc2[Si](c2ccccc2)(c2ccccc2)c2ccccc2)cc(C#N)c1-n1c2ccccc2c2ccccc21. The molecular weight excluding hydrogens is 599 g/mol. The standard InChI is InChI=1S/C44H29N3Si/c1-46-40-30-32(29-33(31-45)44(40)47-41-26-14-11-24-38(41)39-25-12-15-27-42(39)47)37-23-13-16-28-43(37)48(34-17-5-2-6-18-34,35-19-7-3-8-20-35)36-21-9-4-10-22-36/h2-30H. The van der Waals surface area contributed by atoms with Gasteiger partial charge in [0.25, 0.3) is 0 Å². The molecule has 8 rings (SSSR count). The summed E-state index contributed by atoms with van der Waals surface area (Å²) in [6.07, 6.45) is 0. The van der Waals surface area contributed by atoms with E-state index in [1.165, 1.54) is 20.7 Å². The van der Waals surface area contributed by atoms with Crippen LogP contribution in [0.4, 0.5) is 5.69 Å². The van der Waals surface area contributed by atoms with Gasteiger partial charge in [0.1, 0.15) is 0 Å². The van der Waals surface area contributed by atoms with Gasteiger partial charge in [-0.3, -0.25) is 0 Å².